The predicted octanol–water partition coefficient (Wildman–Crippen LogP) is 2.42. The van der Waals surface area contributed by atoms with Gasteiger partial charge < -0.3 is 9.84 Å². The Kier molecular flexibility index (Phi) is 5.24. The van der Waals surface area contributed by atoms with Crippen LogP contribution in [0.4, 0.5) is 8.78 Å². The molecule has 0 aliphatic heterocycles. The first kappa shape index (κ1) is 20.6. The van der Waals surface area contributed by atoms with Crippen molar-refractivity contribution in [3.8, 4) is 5.75 Å². The van der Waals surface area contributed by atoms with E-state index >= 15 is 0 Å². The quantitative estimate of drug-likeness (QED) is 0.508. The standard InChI is InChI=1S/C21H19F2N5O3/c1-13(28-12-25-19-15(20(28)29)4-3-5-18(19)31-2)21(30,9-27-11-24-10-26-27)16-7-6-14(22)8-17(16)23/h3-8,10-13,30H,9H2,1-2H3. The maximum absolute atomic E-state index is 14.7. The topological polar surface area (TPSA) is 95.1 Å². The van der Waals surface area contributed by atoms with Crippen LogP contribution in [0.3, 0.4) is 0 Å². The Hall–Kier alpha value is -3.66. The van der Waals surface area contributed by atoms with Gasteiger partial charge in [-0.25, -0.2) is 23.4 Å². The van der Waals surface area contributed by atoms with E-state index in [0.717, 1.165) is 12.1 Å². The van der Waals surface area contributed by atoms with E-state index in [-0.39, 0.29) is 17.5 Å². The smallest absolute Gasteiger partial charge is 0.261 e. The summed E-state index contributed by atoms with van der Waals surface area (Å²) < 4.78 is 36.0. The predicted molar refractivity (Wildman–Crippen MR) is 108 cm³/mol. The first-order chi connectivity index (χ1) is 14.8. The zero-order valence-electron chi connectivity index (χ0n) is 16.7. The SMILES string of the molecule is COc1cccc2c(=O)n(C(C)C(O)(Cn3cncn3)c3ccc(F)cc3F)cnc12. The van der Waals surface area contributed by atoms with Crippen LogP contribution >= 0.6 is 0 Å². The zero-order chi connectivity index (χ0) is 22.2. The Morgan fingerprint density at radius 2 is 2.03 bits per heavy atom. The highest BCUT2D eigenvalue weighted by Crippen LogP contribution is 2.36. The molecule has 2 aromatic carbocycles. The summed E-state index contributed by atoms with van der Waals surface area (Å²) in [6, 6.07) is 6.79. The summed E-state index contributed by atoms with van der Waals surface area (Å²) in [5.74, 6) is -1.30. The number of aromatic nitrogens is 5. The van der Waals surface area contributed by atoms with Crippen LogP contribution in [-0.4, -0.2) is 36.5 Å². The van der Waals surface area contributed by atoms with Gasteiger partial charge in [-0.05, 0) is 25.1 Å². The number of para-hydroxylation sites is 1. The first-order valence-electron chi connectivity index (χ1n) is 9.39. The monoisotopic (exact) mass is 427 g/mol. The molecule has 0 aliphatic carbocycles. The highest BCUT2D eigenvalue weighted by molar-refractivity contribution is 5.83. The van der Waals surface area contributed by atoms with Gasteiger partial charge in [-0.2, -0.15) is 5.10 Å². The molecule has 2 atom stereocenters. The van der Waals surface area contributed by atoms with Gasteiger partial charge in [0.25, 0.3) is 5.56 Å². The number of benzene rings is 2. The van der Waals surface area contributed by atoms with E-state index < -0.39 is 28.8 Å². The second kappa shape index (κ2) is 7.88. The first-order valence-corrected chi connectivity index (χ1v) is 9.39. The van der Waals surface area contributed by atoms with E-state index in [2.05, 4.69) is 15.1 Å². The molecule has 2 unspecified atom stereocenters. The van der Waals surface area contributed by atoms with Gasteiger partial charge in [0, 0.05) is 11.6 Å². The number of nitrogens with zero attached hydrogens (tertiary/aromatic N) is 5. The van der Waals surface area contributed by atoms with Crippen LogP contribution in [0.2, 0.25) is 0 Å². The maximum Gasteiger partial charge on any atom is 0.261 e. The Morgan fingerprint density at radius 3 is 2.71 bits per heavy atom. The van der Waals surface area contributed by atoms with Gasteiger partial charge in [-0.1, -0.05) is 12.1 Å². The van der Waals surface area contributed by atoms with E-state index in [4.69, 9.17) is 4.74 Å². The molecule has 2 aromatic heterocycles. The Labute approximate surface area is 175 Å². The molecule has 31 heavy (non-hydrogen) atoms. The molecule has 1 N–H and O–H groups in total. The van der Waals surface area contributed by atoms with Gasteiger partial charge in [0.15, 0.2) is 0 Å². The van der Waals surface area contributed by atoms with Crippen molar-refractivity contribution < 1.29 is 18.6 Å². The van der Waals surface area contributed by atoms with Crippen molar-refractivity contribution >= 4 is 10.9 Å². The molecule has 10 heteroatoms. The second-order valence-corrected chi connectivity index (χ2v) is 7.13. The number of halogens is 2. The van der Waals surface area contributed by atoms with Crippen molar-refractivity contribution in [3.05, 3.63) is 82.9 Å². The lowest BCUT2D eigenvalue weighted by Crippen LogP contribution is -2.43. The van der Waals surface area contributed by atoms with E-state index in [9.17, 15) is 18.7 Å². The number of aliphatic hydroxyl groups is 1. The average Bonchev–Trinajstić information content (AvgIpc) is 3.26. The van der Waals surface area contributed by atoms with E-state index in [1.165, 1.54) is 35.3 Å². The van der Waals surface area contributed by atoms with Crippen LogP contribution in [0.1, 0.15) is 18.5 Å². The van der Waals surface area contributed by atoms with Crippen molar-refractivity contribution in [1.82, 2.24) is 24.3 Å². The molecule has 0 aliphatic rings. The van der Waals surface area contributed by atoms with Gasteiger partial charge in [-0.3, -0.25) is 9.36 Å². The summed E-state index contributed by atoms with van der Waals surface area (Å²) in [5, 5.41) is 15.9. The third-order valence-electron chi connectivity index (χ3n) is 5.37. The molecule has 0 radical (unpaired) electrons. The van der Waals surface area contributed by atoms with E-state index in [1.54, 1.807) is 25.1 Å². The highest BCUT2D eigenvalue weighted by atomic mass is 19.1. The molecular formula is C21H19F2N5O3. The summed E-state index contributed by atoms with van der Waals surface area (Å²) in [7, 11) is 1.47. The summed E-state index contributed by atoms with van der Waals surface area (Å²) >= 11 is 0. The molecule has 4 aromatic rings. The minimum Gasteiger partial charge on any atom is -0.494 e. The molecule has 0 fully saturated rings. The highest BCUT2D eigenvalue weighted by Gasteiger charge is 2.41. The van der Waals surface area contributed by atoms with Crippen LogP contribution in [0.15, 0.2) is 60.2 Å². The minimum absolute atomic E-state index is 0.186. The fraction of sp³-hybridized carbons (Fsp3) is 0.238. The van der Waals surface area contributed by atoms with Crippen molar-refractivity contribution in [2.24, 2.45) is 0 Å². The lowest BCUT2D eigenvalue weighted by molar-refractivity contribution is -0.0343. The molecule has 0 saturated carbocycles. The molecule has 0 saturated heterocycles. The summed E-state index contributed by atoms with van der Waals surface area (Å²) in [4.78, 5) is 21.4. The lowest BCUT2D eigenvalue weighted by atomic mass is 9.86. The maximum atomic E-state index is 14.7. The van der Waals surface area contributed by atoms with Crippen molar-refractivity contribution in [3.63, 3.8) is 0 Å². The number of fused-ring (bicyclic) bond motifs is 1. The number of ether oxygens (including phenoxy) is 1. The van der Waals surface area contributed by atoms with Gasteiger partial charge in [-0.15, -0.1) is 0 Å². The Balaban J connectivity index is 1.89. The van der Waals surface area contributed by atoms with Crippen LogP contribution in [-0.2, 0) is 12.1 Å². The van der Waals surface area contributed by atoms with Crippen LogP contribution in [0.25, 0.3) is 10.9 Å². The van der Waals surface area contributed by atoms with Crippen LogP contribution < -0.4 is 10.3 Å². The fourth-order valence-corrected chi connectivity index (χ4v) is 3.65. The fourth-order valence-electron chi connectivity index (χ4n) is 3.65. The largest absolute Gasteiger partial charge is 0.494 e. The van der Waals surface area contributed by atoms with Crippen LogP contribution in [0.5, 0.6) is 5.75 Å². The lowest BCUT2D eigenvalue weighted by Gasteiger charge is -2.35. The second-order valence-electron chi connectivity index (χ2n) is 7.13. The van der Waals surface area contributed by atoms with Gasteiger partial charge in [0.1, 0.15) is 41.2 Å². The normalized spacial score (nSPS) is 14.4. The third-order valence-corrected chi connectivity index (χ3v) is 5.37. The molecule has 8 nitrogen and oxygen atoms in total. The Bertz CT molecular complexity index is 1290. The van der Waals surface area contributed by atoms with Gasteiger partial charge >= 0.3 is 0 Å². The van der Waals surface area contributed by atoms with Crippen molar-refractivity contribution in [1.29, 1.82) is 0 Å². The summed E-state index contributed by atoms with van der Waals surface area (Å²) in [6.45, 7) is 1.31. The molecule has 2 heterocycles. The number of methoxy groups -OCH3 is 1. The third kappa shape index (κ3) is 3.55. The number of hydrogen-bond donors (Lipinski definition) is 1. The van der Waals surface area contributed by atoms with Gasteiger partial charge in [0.05, 0.1) is 31.4 Å². The van der Waals surface area contributed by atoms with Crippen LogP contribution in [0, 0.1) is 11.6 Å². The van der Waals surface area contributed by atoms with E-state index in [1.807, 2.05) is 0 Å². The number of hydrogen-bond acceptors (Lipinski definition) is 6. The minimum atomic E-state index is -1.98. The molecule has 0 amide bonds. The molecule has 0 spiro atoms. The molecule has 4 rings (SSSR count). The number of rotatable bonds is 6. The molecule has 0 bridgehead atoms. The van der Waals surface area contributed by atoms with Crippen molar-refractivity contribution in [2.75, 3.05) is 7.11 Å². The average molecular weight is 427 g/mol. The summed E-state index contributed by atoms with van der Waals surface area (Å²) in [6.07, 6.45) is 3.89. The summed E-state index contributed by atoms with van der Waals surface area (Å²) in [5.41, 5.74) is -2.25. The molecule has 160 valence electrons. The van der Waals surface area contributed by atoms with Crippen molar-refractivity contribution in [2.45, 2.75) is 25.1 Å². The Morgan fingerprint density at radius 1 is 1.23 bits per heavy atom. The molecular weight excluding hydrogens is 408 g/mol. The van der Waals surface area contributed by atoms with E-state index in [0.29, 0.717) is 17.3 Å². The zero-order valence-corrected chi connectivity index (χ0v) is 16.7. The van der Waals surface area contributed by atoms with Gasteiger partial charge in [0.2, 0.25) is 0 Å².